The van der Waals surface area contributed by atoms with Crippen LogP contribution in [-0.4, -0.2) is 46.9 Å². The first kappa shape index (κ1) is 17.7. The Morgan fingerprint density at radius 3 is 2.67 bits per heavy atom. The van der Waals surface area contributed by atoms with Crippen molar-refractivity contribution in [3.63, 3.8) is 0 Å². The molecule has 0 atom stereocenters. The second kappa shape index (κ2) is 7.50. The Balaban J connectivity index is 1.47. The van der Waals surface area contributed by atoms with E-state index in [1.54, 1.807) is 35.4 Å². The number of hydrogen-bond donors (Lipinski definition) is 0. The fourth-order valence-electron chi connectivity index (χ4n) is 3.24. The van der Waals surface area contributed by atoms with Crippen molar-refractivity contribution in [1.29, 1.82) is 0 Å². The third-order valence-corrected chi connectivity index (χ3v) is 4.93. The van der Waals surface area contributed by atoms with Crippen molar-refractivity contribution in [3.05, 3.63) is 75.4 Å². The molecule has 27 heavy (non-hydrogen) atoms. The van der Waals surface area contributed by atoms with Crippen LogP contribution in [0.25, 0.3) is 11.0 Å². The predicted octanol–water partition coefficient (Wildman–Crippen LogP) is 2.80. The standard InChI is InChI=1S/C20H18ClN3O3/c21-15-4-5-18-14(11-15)12-17(20(26)27-18)19(25)24-9-7-23(8-10-24)13-16-3-1-2-6-22-16/h1-6,11-12H,7-10,13H2. The molecule has 0 bridgehead atoms. The Bertz CT molecular complexity index is 1030. The lowest BCUT2D eigenvalue weighted by Gasteiger charge is -2.34. The van der Waals surface area contributed by atoms with E-state index in [0.717, 1.165) is 25.3 Å². The Hall–Kier alpha value is -2.70. The van der Waals surface area contributed by atoms with Crippen molar-refractivity contribution in [3.8, 4) is 0 Å². The van der Waals surface area contributed by atoms with Gasteiger partial charge in [-0.15, -0.1) is 0 Å². The summed E-state index contributed by atoms with van der Waals surface area (Å²) in [7, 11) is 0. The first-order valence-corrected chi connectivity index (χ1v) is 9.13. The largest absolute Gasteiger partial charge is 0.422 e. The highest BCUT2D eigenvalue weighted by Gasteiger charge is 2.25. The highest BCUT2D eigenvalue weighted by atomic mass is 35.5. The fraction of sp³-hybridized carbons (Fsp3) is 0.250. The Morgan fingerprint density at radius 1 is 1.11 bits per heavy atom. The molecule has 6 nitrogen and oxygen atoms in total. The molecule has 0 spiro atoms. The van der Waals surface area contributed by atoms with Crippen molar-refractivity contribution in [2.75, 3.05) is 26.2 Å². The zero-order chi connectivity index (χ0) is 18.8. The summed E-state index contributed by atoms with van der Waals surface area (Å²) in [4.78, 5) is 33.3. The normalized spacial score (nSPS) is 15.2. The zero-order valence-corrected chi connectivity index (χ0v) is 15.4. The average Bonchev–Trinajstić information content (AvgIpc) is 2.69. The highest BCUT2D eigenvalue weighted by molar-refractivity contribution is 6.31. The second-order valence-electron chi connectivity index (χ2n) is 6.52. The van der Waals surface area contributed by atoms with Gasteiger partial charge in [0.1, 0.15) is 11.1 Å². The first-order chi connectivity index (χ1) is 13.1. The molecular formula is C20H18ClN3O3. The molecule has 0 N–H and O–H groups in total. The number of nitrogens with zero attached hydrogens (tertiary/aromatic N) is 3. The van der Waals surface area contributed by atoms with E-state index < -0.39 is 5.63 Å². The molecule has 1 amide bonds. The molecule has 138 valence electrons. The van der Waals surface area contributed by atoms with Crippen molar-refractivity contribution in [2.24, 2.45) is 0 Å². The number of hydrogen-bond acceptors (Lipinski definition) is 5. The number of fused-ring (bicyclic) bond motifs is 1. The van der Waals surface area contributed by atoms with Gasteiger partial charge in [0.25, 0.3) is 5.91 Å². The predicted molar refractivity (Wildman–Crippen MR) is 103 cm³/mol. The number of rotatable bonds is 3. The Morgan fingerprint density at radius 2 is 1.93 bits per heavy atom. The van der Waals surface area contributed by atoms with Gasteiger partial charge in [0, 0.05) is 49.3 Å². The van der Waals surface area contributed by atoms with Crippen molar-refractivity contribution in [2.45, 2.75) is 6.54 Å². The molecule has 4 rings (SSSR count). The summed E-state index contributed by atoms with van der Waals surface area (Å²) in [6, 6.07) is 12.4. The van der Waals surface area contributed by atoms with E-state index >= 15 is 0 Å². The lowest BCUT2D eigenvalue weighted by molar-refractivity contribution is 0.0623. The van der Waals surface area contributed by atoms with Crippen molar-refractivity contribution >= 4 is 28.5 Å². The number of carbonyl (C=O) groups excluding carboxylic acids is 1. The SMILES string of the molecule is O=C(c1cc2cc(Cl)ccc2oc1=O)N1CCN(Cc2ccccn2)CC1. The monoisotopic (exact) mass is 383 g/mol. The molecule has 1 aliphatic heterocycles. The maximum atomic E-state index is 12.8. The molecule has 0 unspecified atom stereocenters. The van der Waals surface area contributed by atoms with Crippen LogP contribution in [0.15, 0.2) is 57.9 Å². The highest BCUT2D eigenvalue weighted by Crippen LogP contribution is 2.19. The van der Waals surface area contributed by atoms with E-state index in [4.69, 9.17) is 16.0 Å². The van der Waals surface area contributed by atoms with Crippen LogP contribution in [0.4, 0.5) is 0 Å². The number of benzene rings is 1. The average molecular weight is 384 g/mol. The van der Waals surface area contributed by atoms with E-state index in [2.05, 4.69) is 9.88 Å². The lowest BCUT2D eigenvalue weighted by Crippen LogP contribution is -2.49. The molecule has 0 aliphatic carbocycles. The molecule has 0 saturated carbocycles. The first-order valence-electron chi connectivity index (χ1n) is 8.75. The third kappa shape index (κ3) is 3.86. The summed E-state index contributed by atoms with van der Waals surface area (Å²) in [5.41, 5.74) is 0.846. The smallest absolute Gasteiger partial charge is 0.349 e. The quantitative estimate of drug-likeness (QED) is 0.651. The van der Waals surface area contributed by atoms with Crippen molar-refractivity contribution in [1.82, 2.24) is 14.8 Å². The molecule has 3 aromatic rings. The minimum atomic E-state index is -0.620. The molecule has 1 saturated heterocycles. The maximum Gasteiger partial charge on any atom is 0.349 e. The van der Waals surface area contributed by atoms with Gasteiger partial charge in [-0.1, -0.05) is 17.7 Å². The van der Waals surface area contributed by atoms with Gasteiger partial charge in [-0.3, -0.25) is 14.7 Å². The van der Waals surface area contributed by atoms with E-state index in [1.807, 2.05) is 18.2 Å². The minimum absolute atomic E-state index is 0.0444. The topological polar surface area (TPSA) is 66.7 Å². The van der Waals surface area contributed by atoms with Crippen LogP contribution in [0.2, 0.25) is 5.02 Å². The van der Waals surface area contributed by atoms with Gasteiger partial charge < -0.3 is 9.32 Å². The Labute approximate surface area is 161 Å². The zero-order valence-electron chi connectivity index (χ0n) is 14.6. The van der Waals surface area contributed by atoms with Crippen LogP contribution in [0.3, 0.4) is 0 Å². The second-order valence-corrected chi connectivity index (χ2v) is 6.96. The van der Waals surface area contributed by atoms with Crippen molar-refractivity contribution < 1.29 is 9.21 Å². The molecular weight excluding hydrogens is 366 g/mol. The van der Waals surface area contributed by atoms with Gasteiger partial charge in [0.2, 0.25) is 0 Å². The van der Waals surface area contributed by atoms with Gasteiger partial charge in [-0.2, -0.15) is 0 Å². The van der Waals surface area contributed by atoms with Crippen LogP contribution in [0.5, 0.6) is 0 Å². The molecule has 2 aromatic heterocycles. The molecule has 7 heteroatoms. The number of carbonyl (C=O) groups is 1. The minimum Gasteiger partial charge on any atom is -0.422 e. The number of pyridine rings is 1. The van der Waals surface area contributed by atoms with Crippen LogP contribution < -0.4 is 5.63 Å². The molecule has 1 aromatic carbocycles. The van der Waals surface area contributed by atoms with Gasteiger partial charge in [-0.05, 0) is 36.4 Å². The summed E-state index contributed by atoms with van der Waals surface area (Å²) in [5.74, 6) is -0.303. The van der Waals surface area contributed by atoms with Gasteiger partial charge in [0.05, 0.1) is 5.69 Å². The van der Waals surface area contributed by atoms with E-state index in [9.17, 15) is 9.59 Å². The maximum absolute atomic E-state index is 12.8. The Kier molecular flexibility index (Phi) is 4.92. The van der Waals surface area contributed by atoms with E-state index in [1.165, 1.54) is 0 Å². The summed E-state index contributed by atoms with van der Waals surface area (Å²) in [6.07, 6.45) is 1.78. The molecule has 3 heterocycles. The number of halogens is 1. The molecule has 0 radical (unpaired) electrons. The van der Waals surface area contributed by atoms with Crippen LogP contribution in [-0.2, 0) is 6.54 Å². The van der Waals surface area contributed by atoms with E-state index in [-0.39, 0.29) is 11.5 Å². The fourth-order valence-corrected chi connectivity index (χ4v) is 3.42. The van der Waals surface area contributed by atoms with Crippen LogP contribution >= 0.6 is 11.6 Å². The summed E-state index contributed by atoms with van der Waals surface area (Å²) < 4.78 is 5.28. The summed E-state index contributed by atoms with van der Waals surface area (Å²) >= 11 is 6.00. The molecule has 1 fully saturated rings. The third-order valence-electron chi connectivity index (χ3n) is 4.70. The number of aromatic nitrogens is 1. The van der Waals surface area contributed by atoms with Crippen LogP contribution in [0, 0.1) is 0 Å². The van der Waals surface area contributed by atoms with Crippen LogP contribution in [0.1, 0.15) is 16.1 Å². The summed E-state index contributed by atoms with van der Waals surface area (Å²) in [6.45, 7) is 3.32. The molecule has 1 aliphatic rings. The lowest BCUT2D eigenvalue weighted by atomic mass is 10.1. The number of piperazine rings is 1. The van der Waals surface area contributed by atoms with E-state index in [0.29, 0.717) is 29.1 Å². The number of amides is 1. The summed E-state index contributed by atoms with van der Waals surface area (Å²) in [5, 5.41) is 1.16. The van der Waals surface area contributed by atoms with Gasteiger partial charge in [0.15, 0.2) is 0 Å². The van der Waals surface area contributed by atoms with Gasteiger partial charge in [-0.25, -0.2) is 4.79 Å². The van der Waals surface area contributed by atoms with Gasteiger partial charge >= 0.3 is 5.63 Å².